The molecule has 0 spiro atoms. The highest BCUT2D eigenvalue weighted by atomic mass is 16.6. The zero-order valence-electron chi connectivity index (χ0n) is 18.7. The minimum atomic E-state index is -0.443. The van der Waals surface area contributed by atoms with Crippen LogP contribution >= 0.6 is 0 Å². The number of nitro benzene ring substituents is 1. The number of nitrogens with zero attached hydrogens (tertiary/aromatic N) is 2. The smallest absolute Gasteiger partial charge is 0.269 e. The maximum atomic E-state index is 10.7. The van der Waals surface area contributed by atoms with Crippen molar-refractivity contribution in [3.8, 4) is 17.2 Å². The van der Waals surface area contributed by atoms with Gasteiger partial charge in [-0.15, -0.1) is 0 Å². The van der Waals surface area contributed by atoms with Crippen LogP contribution in [-0.2, 0) is 6.42 Å². The van der Waals surface area contributed by atoms with Crippen molar-refractivity contribution in [3.05, 3.63) is 88.0 Å². The molecule has 0 aromatic heterocycles. The molecule has 33 heavy (non-hydrogen) atoms. The molecule has 0 saturated heterocycles. The van der Waals surface area contributed by atoms with Gasteiger partial charge in [0.05, 0.1) is 37.1 Å². The van der Waals surface area contributed by atoms with Crippen LogP contribution in [-0.4, -0.2) is 31.5 Å². The number of hydrogen-bond acceptors (Lipinski definition) is 7. The quantitative estimate of drug-likeness (QED) is 0.171. The van der Waals surface area contributed by atoms with Gasteiger partial charge in [-0.25, -0.2) is 0 Å². The van der Waals surface area contributed by atoms with Gasteiger partial charge in [-0.05, 0) is 60.0 Å². The van der Waals surface area contributed by atoms with Crippen molar-refractivity contribution in [1.82, 2.24) is 0 Å². The highest BCUT2D eigenvalue weighted by molar-refractivity contribution is 5.81. The Balaban J connectivity index is 1.46. The Morgan fingerprint density at radius 2 is 1.70 bits per heavy atom. The molecule has 0 radical (unpaired) electrons. The Kier molecular flexibility index (Phi) is 8.64. The fourth-order valence-electron chi connectivity index (χ4n) is 2.98. The minimum Gasteiger partial charge on any atom is -0.493 e. The van der Waals surface area contributed by atoms with Crippen molar-refractivity contribution in [1.29, 1.82) is 0 Å². The second-order valence-electron chi connectivity index (χ2n) is 7.13. The Morgan fingerprint density at radius 3 is 2.36 bits per heavy atom. The molecule has 1 N–H and O–H groups in total. The van der Waals surface area contributed by atoms with Crippen LogP contribution in [0.15, 0.2) is 71.8 Å². The summed E-state index contributed by atoms with van der Waals surface area (Å²) in [7, 11) is 1.58. The molecule has 0 aliphatic rings. The van der Waals surface area contributed by atoms with Gasteiger partial charge in [-0.2, -0.15) is 5.10 Å². The average Bonchev–Trinajstić information content (AvgIpc) is 2.85. The lowest BCUT2D eigenvalue weighted by atomic mass is 10.2. The van der Waals surface area contributed by atoms with E-state index in [9.17, 15) is 10.1 Å². The summed E-state index contributed by atoms with van der Waals surface area (Å²) in [6.07, 6.45) is 3.38. The molecule has 172 valence electrons. The van der Waals surface area contributed by atoms with E-state index in [0.717, 1.165) is 24.2 Å². The molecule has 0 saturated carbocycles. The number of hydrogen-bond donors (Lipinski definition) is 1. The van der Waals surface area contributed by atoms with Crippen molar-refractivity contribution >= 4 is 17.6 Å². The molecular formula is C25H27N3O5. The molecule has 0 aliphatic heterocycles. The molecular weight excluding hydrogens is 422 g/mol. The van der Waals surface area contributed by atoms with E-state index in [1.807, 2.05) is 30.3 Å². The van der Waals surface area contributed by atoms with Crippen molar-refractivity contribution in [2.75, 3.05) is 25.7 Å². The Hall–Kier alpha value is -4.07. The van der Waals surface area contributed by atoms with E-state index >= 15 is 0 Å². The van der Waals surface area contributed by atoms with Gasteiger partial charge in [-0.1, -0.05) is 19.1 Å². The summed E-state index contributed by atoms with van der Waals surface area (Å²) in [5.41, 5.74) is 5.61. The number of anilines is 1. The van der Waals surface area contributed by atoms with Gasteiger partial charge >= 0.3 is 0 Å². The van der Waals surface area contributed by atoms with Crippen LogP contribution in [0.4, 0.5) is 11.4 Å². The van der Waals surface area contributed by atoms with E-state index in [1.165, 1.54) is 17.7 Å². The summed E-state index contributed by atoms with van der Waals surface area (Å²) in [6, 6.07) is 19.7. The van der Waals surface area contributed by atoms with Crippen LogP contribution in [0.25, 0.3) is 0 Å². The number of nitro groups is 1. The number of benzene rings is 3. The molecule has 8 heteroatoms. The first-order valence-electron chi connectivity index (χ1n) is 10.6. The lowest BCUT2D eigenvalue weighted by Gasteiger charge is -2.12. The topological polar surface area (TPSA) is 95.2 Å². The molecule has 0 bridgehead atoms. The van der Waals surface area contributed by atoms with E-state index in [2.05, 4.69) is 29.6 Å². The van der Waals surface area contributed by atoms with Crippen LogP contribution < -0.4 is 19.6 Å². The zero-order valence-corrected chi connectivity index (χ0v) is 18.7. The van der Waals surface area contributed by atoms with Crippen molar-refractivity contribution in [2.45, 2.75) is 19.8 Å². The summed E-state index contributed by atoms with van der Waals surface area (Å²) < 4.78 is 17.0. The van der Waals surface area contributed by atoms with Gasteiger partial charge in [0, 0.05) is 18.6 Å². The van der Waals surface area contributed by atoms with E-state index in [4.69, 9.17) is 14.2 Å². The first kappa shape index (κ1) is 23.6. The Morgan fingerprint density at radius 1 is 0.970 bits per heavy atom. The summed E-state index contributed by atoms with van der Waals surface area (Å²) in [5, 5.41) is 14.9. The molecule has 0 unspecified atom stereocenters. The minimum absolute atomic E-state index is 0.0297. The molecule has 0 amide bonds. The zero-order chi connectivity index (χ0) is 23.5. The first-order valence-corrected chi connectivity index (χ1v) is 10.6. The second-order valence-corrected chi connectivity index (χ2v) is 7.13. The summed E-state index contributed by atoms with van der Waals surface area (Å²) in [4.78, 5) is 10.3. The van der Waals surface area contributed by atoms with E-state index < -0.39 is 4.92 Å². The molecule has 0 aliphatic carbocycles. The maximum Gasteiger partial charge on any atom is 0.269 e. The SMILES string of the molecule is CCc1ccc(OCCCOc2ccc(/C=N/Nc3ccc([N+](=O)[O-])cc3)cc2OC)cc1. The predicted octanol–water partition coefficient (Wildman–Crippen LogP) is 5.46. The van der Waals surface area contributed by atoms with Crippen LogP contribution in [0.3, 0.4) is 0 Å². The first-order chi connectivity index (χ1) is 16.1. The predicted molar refractivity (Wildman–Crippen MR) is 129 cm³/mol. The van der Waals surface area contributed by atoms with Gasteiger partial charge in [0.25, 0.3) is 5.69 Å². The fraction of sp³-hybridized carbons (Fsp3) is 0.240. The average molecular weight is 450 g/mol. The second kappa shape index (κ2) is 12.1. The summed E-state index contributed by atoms with van der Waals surface area (Å²) >= 11 is 0. The normalized spacial score (nSPS) is 10.7. The number of methoxy groups -OCH3 is 1. The number of aryl methyl sites for hydroxylation is 1. The number of ether oxygens (including phenoxy) is 3. The maximum absolute atomic E-state index is 10.7. The third-order valence-electron chi connectivity index (χ3n) is 4.82. The summed E-state index contributed by atoms with van der Waals surface area (Å²) in [5.74, 6) is 2.10. The van der Waals surface area contributed by atoms with Gasteiger partial charge in [-0.3, -0.25) is 15.5 Å². The monoisotopic (exact) mass is 449 g/mol. The van der Waals surface area contributed by atoms with Gasteiger partial charge in [0.15, 0.2) is 11.5 Å². The number of nitrogens with one attached hydrogen (secondary N) is 1. The molecule has 3 aromatic carbocycles. The third kappa shape index (κ3) is 7.24. The third-order valence-corrected chi connectivity index (χ3v) is 4.82. The molecule has 0 heterocycles. The van der Waals surface area contributed by atoms with Crippen molar-refractivity contribution in [3.63, 3.8) is 0 Å². The Bertz CT molecular complexity index is 1070. The lowest BCUT2D eigenvalue weighted by molar-refractivity contribution is -0.384. The van der Waals surface area contributed by atoms with Crippen molar-refractivity contribution in [2.24, 2.45) is 5.10 Å². The molecule has 3 rings (SSSR count). The van der Waals surface area contributed by atoms with Gasteiger partial charge < -0.3 is 14.2 Å². The molecule has 8 nitrogen and oxygen atoms in total. The molecule has 0 fully saturated rings. The number of hydrazone groups is 1. The molecule has 0 atom stereocenters. The summed E-state index contributed by atoms with van der Waals surface area (Å²) in [6.45, 7) is 3.19. The fourth-order valence-corrected chi connectivity index (χ4v) is 2.98. The van der Waals surface area contributed by atoms with E-state index in [1.54, 1.807) is 25.5 Å². The highest BCUT2D eigenvalue weighted by Crippen LogP contribution is 2.27. The Labute approximate surface area is 193 Å². The highest BCUT2D eigenvalue weighted by Gasteiger charge is 2.06. The van der Waals surface area contributed by atoms with Crippen LogP contribution in [0.1, 0.15) is 24.5 Å². The van der Waals surface area contributed by atoms with Crippen molar-refractivity contribution < 1.29 is 19.1 Å². The standard InChI is InChI=1S/C25H27N3O5/c1-3-19-5-12-23(13-6-19)32-15-4-16-33-24-14-7-20(17-25(24)31-2)18-26-27-21-8-10-22(11-9-21)28(29)30/h5-14,17-18,27H,3-4,15-16H2,1-2H3/b26-18+. The molecule has 3 aromatic rings. The largest absolute Gasteiger partial charge is 0.493 e. The van der Waals surface area contributed by atoms with Gasteiger partial charge in [0.1, 0.15) is 5.75 Å². The van der Waals surface area contributed by atoms with Gasteiger partial charge in [0.2, 0.25) is 0 Å². The van der Waals surface area contributed by atoms with E-state index in [0.29, 0.717) is 30.4 Å². The van der Waals surface area contributed by atoms with E-state index in [-0.39, 0.29) is 5.69 Å². The lowest BCUT2D eigenvalue weighted by Crippen LogP contribution is -2.06. The van der Waals surface area contributed by atoms with Crippen LogP contribution in [0, 0.1) is 10.1 Å². The van der Waals surface area contributed by atoms with Crippen LogP contribution in [0.5, 0.6) is 17.2 Å². The van der Waals surface area contributed by atoms with Crippen LogP contribution in [0.2, 0.25) is 0 Å². The number of rotatable bonds is 12. The number of non-ortho nitro benzene ring substituents is 1.